The first-order chi connectivity index (χ1) is 11.8. The highest BCUT2D eigenvalue weighted by Gasteiger charge is 2.23. The Bertz CT molecular complexity index is 998. The maximum Gasteiger partial charge on any atom is 0.295 e. The Hall–Kier alpha value is -3.36. The maximum atomic E-state index is 12.3. The summed E-state index contributed by atoms with van der Waals surface area (Å²) in [4.78, 5) is 27.6. The molecule has 1 aromatic carbocycles. The first kappa shape index (κ1) is 16.5. The molecule has 0 radical (unpaired) electrons. The van der Waals surface area contributed by atoms with E-state index < -0.39 is 16.9 Å². The highest BCUT2D eigenvalue weighted by atomic mass is 16.2. The smallest absolute Gasteiger partial charge is 0.295 e. The van der Waals surface area contributed by atoms with Crippen molar-refractivity contribution in [1.82, 2.24) is 25.3 Å². The number of anilines is 1. The molecule has 25 heavy (non-hydrogen) atoms. The topological polar surface area (TPSA) is 131 Å². The van der Waals surface area contributed by atoms with Gasteiger partial charge in [0.2, 0.25) is 0 Å². The summed E-state index contributed by atoms with van der Waals surface area (Å²) in [5.74, 6) is 5.30. The predicted octanol–water partition coefficient (Wildman–Crippen LogP) is 0.888. The summed E-state index contributed by atoms with van der Waals surface area (Å²) in [6, 6.07) is 7.41. The van der Waals surface area contributed by atoms with Crippen molar-refractivity contribution in [3.05, 3.63) is 52.1 Å². The van der Waals surface area contributed by atoms with E-state index in [1.807, 2.05) is 45.0 Å². The monoisotopic (exact) mass is 341 g/mol. The van der Waals surface area contributed by atoms with Crippen molar-refractivity contribution >= 4 is 22.8 Å². The largest absolute Gasteiger partial charge is 0.360 e. The van der Waals surface area contributed by atoms with Gasteiger partial charge in [-0.15, -0.1) is 10.2 Å². The van der Waals surface area contributed by atoms with Crippen molar-refractivity contribution in [2.75, 3.05) is 11.3 Å². The molecular formula is C16H19N7O2. The Labute approximate surface area is 143 Å². The van der Waals surface area contributed by atoms with Crippen LogP contribution in [0.4, 0.5) is 5.95 Å². The van der Waals surface area contributed by atoms with E-state index >= 15 is 0 Å². The van der Waals surface area contributed by atoms with Crippen LogP contribution in [0.15, 0.2) is 35.3 Å². The first-order valence-corrected chi connectivity index (χ1v) is 7.67. The Morgan fingerprint density at radius 1 is 1.24 bits per heavy atom. The molecule has 9 nitrogen and oxygen atoms in total. The van der Waals surface area contributed by atoms with Crippen molar-refractivity contribution in [2.45, 2.75) is 26.2 Å². The van der Waals surface area contributed by atoms with Crippen LogP contribution in [-0.2, 0) is 5.41 Å². The van der Waals surface area contributed by atoms with E-state index in [4.69, 9.17) is 5.84 Å². The molecule has 0 spiro atoms. The van der Waals surface area contributed by atoms with Crippen LogP contribution in [-0.4, -0.2) is 25.8 Å². The minimum atomic E-state index is -0.489. The Kier molecular flexibility index (Phi) is 3.91. The van der Waals surface area contributed by atoms with Gasteiger partial charge in [-0.2, -0.15) is 4.68 Å². The number of hydrogen-bond acceptors (Lipinski definition) is 6. The van der Waals surface area contributed by atoms with E-state index in [2.05, 4.69) is 26.0 Å². The number of amides is 1. The molecule has 3 rings (SSSR count). The predicted molar refractivity (Wildman–Crippen MR) is 94.5 cm³/mol. The van der Waals surface area contributed by atoms with E-state index in [-0.39, 0.29) is 11.6 Å². The molecule has 0 saturated carbocycles. The number of benzene rings is 1. The zero-order valence-electron chi connectivity index (χ0n) is 14.1. The minimum absolute atomic E-state index is 0.0637. The van der Waals surface area contributed by atoms with Crippen molar-refractivity contribution in [2.24, 2.45) is 0 Å². The van der Waals surface area contributed by atoms with Gasteiger partial charge in [0.15, 0.2) is 0 Å². The van der Waals surface area contributed by atoms with E-state index in [0.717, 1.165) is 15.6 Å². The lowest BCUT2D eigenvalue weighted by Gasteiger charge is -2.17. The van der Waals surface area contributed by atoms with Gasteiger partial charge in [0.05, 0.1) is 5.56 Å². The number of hydrazine groups is 1. The molecule has 0 atom stereocenters. The van der Waals surface area contributed by atoms with Gasteiger partial charge in [-0.1, -0.05) is 39.0 Å². The van der Waals surface area contributed by atoms with E-state index in [0.29, 0.717) is 5.56 Å². The molecule has 2 aromatic heterocycles. The number of aromatic nitrogens is 4. The van der Waals surface area contributed by atoms with E-state index in [1.54, 1.807) is 6.20 Å². The summed E-state index contributed by atoms with van der Waals surface area (Å²) in [6.45, 7) is 5.51. The molecular weight excluding hydrogens is 322 g/mol. The van der Waals surface area contributed by atoms with Crippen molar-refractivity contribution in [3.63, 3.8) is 0 Å². The molecule has 0 saturated heterocycles. The van der Waals surface area contributed by atoms with Crippen LogP contribution < -0.4 is 22.3 Å². The molecule has 2 heterocycles. The zero-order valence-corrected chi connectivity index (χ0v) is 14.1. The van der Waals surface area contributed by atoms with Gasteiger partial charge in [-0.05, 0) is 6.07 Å². The molecule has 0 unspecified atom stereocenters. The molecule has 3 aromatic rings. The summed E-state index contributed by atoms with van der Waals surface area (Å²) >= 11 is 0. The van der Waals surface area contributed by atoms with Crippen LogP contribution in [0, 0.1) is 0 Å². The number of nitrogens with one attached hydrogen (secondary N) is 3. The third-order valence-electron chi connectivity index (χ3n) is 3.73. The zero-order chi connectivity index (χ0) is 18.2. The Morgan fingerprint density at radius 3 is 2.68 bits per heavy atom. The van der Waals surface area contributed by atoms with Crippen LogP contribution in [0.25, 0.3) is 10.9 Å². The summed E-state index contributed by atoms with van der Waals surface area (Å²) in [7, 11) is 0. The molecule has 0 bridgehead atoms. The lowest BCUT2D eigenvalue weighted by Crippen LogP contribution is -2.41. The minimum Gasteiger partial charge on any atom is -0.360 e. The van der Waals surface area contributed by atoms with Crippen LogP contribution in [0.2, 0.25) is 0 Å². The number of carbonyl (C=O) groups excluding carboxylic acids is 1. The van der Waals surface area contributed by atoms with E-state index in [1.165, 1.54) is 0 Å². The molecule has 130 valence electrons. The van der Waals surface area contributed by atoms with Crippen molar-refractivity contribution in [1.29, 1.82) is 0 Å². The number of para-hydroxylation sites is 1. The van der Waals surface area contributed by atoms with Gasteiger partial charge < -0.3 is 10.8 Å². The highest BCUT2D eigenvalue weighted by Crippen LogP contribution is 2.17. The van der Waals surface area contributed by atoms with Gasteiger partial charge in [0.25, 0.3) is 17.4 Å². The van der Waals surface area contributed by atoms with Gasteiger partial charge in [-0.3, -0.25) is 20.4 Å². The molecule has 0 aliphatic rings. The number of nitrogens with zero attached hydrogens (tertiary/aromatic N) is 3. The number of nitrogens with two attached hydrogens (primary N) is 1. The second-order valence-corrected chi connectivity index (χ2v) is 6.62. The summed E-state index contributed by atoms with van der Waals surface area (Å²) in [6.07, 6.45) is 1.60. The Morgan fingerprint density at radius 2 is 1.96 bits per heavy atom. The average molecular weight is 341 g/mol. The van der Waals surface area contributed by atoms with Crippen LogP contribution in [0.5, 0.6) is 0 Å². The lowest BCUT2D eigenvalue weighted by molar-refractivity contribution is 0.0963. The van der Waals surface area contributed by atoms with Crippen LogP contribution >= 0.6 is 0 Å². The fourth-order valence-electron chi connectivity index (χ4n) is 2.39. The van der Waals surface area contributed by atoms with Crippen LogP contribution in [0.1, 0.15) is 36.8 Å². The van der Waals surface area contributed by atoms with Gasteiger partial charge in [0, 0.05) is 22.5 Å². The number of rotatable bonds is 3. The van der Waals surface area contributed by atoms with Crippen molar-refractivity contribution in [3.8, 4) is 0 Å². The van der Waals surface area contributed by atoms with Gasteiger partial charge in [0.1, 0.15) is 5.69 Å². The average Bonchev–Trinajstić information content (AvgIpc) is 2.99. The second-order valence-electron chi connectivity index (χ2n) is 6.62. The number of aromatic amines is 1. The number of H-pyrrole nitrogens is 1. The summed E-state index contributed by atoms with van der Waals surface area (Å²) in [5.41, 5.74) is 5.57. The third kappa shape index (κ3) is 3.03. The standard InChI is InChI=1S/C16H19N7O2/c1-16(2,3)12-14(25)23(17)15(21-19-12)22-20-13(24)10-8-18-11-7-5-4-6-9(10)11/h4-8,18H,17H2,1-3H3,(H,20,24)(H,21,22). The molecule has 1 amide bonds. The summed E-state index contributed by atoms with van der Waals surface area (Å²) in [5, 5.41) is 8.57. The normalized spacial score (nSPS) is 11.5. The van der Waals surface area contributed by atoms with Crippen molar-refractivity contribution < 1.29 is 4.79 Å². The number of hydrogen-bond donors (Lipinski definition) is 4. The first-order valence-electron chi connectivity index (χ1n) is 7.67. The van der Waals surface area contributed by atoms with Gasteiger partial charge >= 0.3 is 0 Å². The molecule has 0 aliphatic heterocycles. The van der Waals surface area contributed by atoms with E-state index in [9.17, 15) is 9.59 Å². The molecule has 0 aliphatic carbocycles. The second kappa shape index (κ2) is 5.93. The van der Waals surface area contributed by atoms with Gasteiger partial charge in [-0.25, -0.2) is 0 Å². The Balaban J connectivity index is 1.81. The lowest BCUT2D eigenvalue weighted by atomic mass is 9.93. The number of nitrogen functional groups attached to an aromatic ring is 1. The fourth-order valence-corrected chi connectivity index (χ4v) is 2.39. The number of fused-ring (bicyclic) bond motifs is 1. The number of carbonyl (C=O) groups is 1. The maximum absolute atomic E-state index is 12.3. The third-order valence-corrected chi connectivity index (χ3v) is 3.73. The molecule has 5 N–H and O–H groups in total. The fraction of sp³-hybridized carbons (Fsp3) is 0.250. The summed E-state index contributed by atoms with van der Waals surface area (Å²) < 4.78 is 0.823. The molecule has 9 heteroatoms. The highest BCUT2D eigenvalue weighted by molar-refractivity contribution is 6.06. The quantitative estimate of drug-likeness (QED) is 0.413. The SMILES string of the molecule is CC(C)(C)c1nnc(NNC(=O)c2c[nH]c3ccccc23)n(N)c1=O. The van der Waals surface area contributed by atoms with Crippen LogP contribution in [0.3, 0.4) is 0 Å². The molecule has 0 fully saturated rings.